The molecule has 3 aliphatic carbocycles. The van der Waals surface area contributed by atoms with Gasteiger partial charge in [-0.05, 0) is 31.3 Å². The molecular weight excluding hydrogens is 376 g/mol. The fourth-order valence-corrected chi connectivity index (χ4v) is 6.77. The number of aliphatic hydroxyl groups is 1. The first-order valence-corrected chi connectivity index (χ1v) is 10.0. The third-order valence-corrected chi connectivity index (χ3v) is 8.30. The topological polar surface area (TPSA) is 99.1 Å². The van der Waals surface area contributed by atoms with E-state index in [1.54, 1.807) is 26.8 Å². The molecule has 1 N–H and O–H groups in total. The van der Waals surface area contributed by atoms with Crippen LogP contribution < -0.4 is 0 Å². The fraction of sp³-hybridized carbons (Fsp3) is 0.682. The lowest BCUT2D eigenvalue weighted by molar-refractivity contribution is -0.253. The van der Waals surface area contributed by atoms with Crippen molar-refractivity contribution in [3.05, 3.63) is 23.2 Å². The molecule has 0 amide bonds. The molecule has 4 aliphatic rings. The van der Waals surface area contributed by atoms with Crippen molar-refractivity contribution in [2.24, 2.45) is 28.6 Å². The Morgan fingerprint density at radius 3 is 2.41 bits per heavy atom. The summed E-state index contributed by atoms with van der Waals surface area (Å²) in [5.41, 5.74) is -3.58. The molecule has 0 aromatic rings. The normalized spacial score (nSPS) is 46.4. The molecule has 0 bridgehead atoms. The van der Waals surface area contributed by atoms with Gasteiger partial charge in [0.25, 0.3) is 0 Å². The summed E-state index contributed by atoms with van der Waals surface area (Å²) in [6, 6.07) is 0. The second kappa shape index (κ2) is 5.94. The number of hydrogen-bond acceptors (Lipinski definition) is 7. The molecule has 0 unspecified atom stereocenters. The smallest absolute Gasteiger partial charge is 0.309 e. The van der Waals surface area contributed by atoms with Crippen LogP contribution in [0, 0.1) is 28.6 Å². The van der Waals surface area contributed by atoms with Gasteiger partial charge in [-0.1, -0.05) is 20.8 Å². The van der Waals surface area contributed by atoms with Crippen LogP contribution in [0.25, 0.3) is 0 Å². The van der Waals surface area contributed by atoms with Crippen LogP contribution in [0.4, 0.5) is 0 Å². The average Bonchev–Trinajstić information content (AvgIpc) is 2.65. The highest BCUT2D eigenvalue weighted by molar-refractivity contribution is 6.07. The van der Waals surface area contributed by atoms with Crippen LogP contribution in [0.1, 0.15) is 40.5 Å². The first kappa shape index (κ1) is 20.1. The molecular formula is C22H28O7. The van der Waals surface area contributed by atoms with E-state index in [-0.39, 0.29) is 41.3 Å². The predicted octanol–water partition coefficient (Wildman–Crippen LogP) is 1.93. The number of methoxy groups -OCH3 is 2. The van der Waals surface area contributed by atoms with Crippen LogP contribution in [0.5, 0.6) is 0 Å². The van der Waals surface area contributed by atoms with E-state index in [1.807, 2.05) is 6.92 Å². The third-order valence-electron chi connectivity index (χ3n) is 8.30. The summed E-state index contributed by atoms with van der Waals surface area (Å²) < 4.78 is 16.5. The van der Waals surface area contributed by atoms with Gasteiger partial charge in [-0.25, -0.2) is 0 Å². The van der Waals surface area contributed by atoms with Gasteiger partial charge in [0.15, 0.2) is 11.5 Å². The lowest BCUT2D eigenvalue weighted by Gasteiger charge is -2.66. The summed E-state index contributed by atoms with van der Waals surface area (Å²) in [5, 5.41) is 11.8. The Hall–Kier alpha value is -2.15. The zero-order valence-electron chi connectivity index (χ0n) is 17.7. The Morgan fingerprint density at radius 2 is 1.83 bits per heavy atom. The van der Waals surface area contributed by atoms with Crippen molar-refractivity contribution in [1.82, 2.24) is 0 Å². The number of carbonyl (C=O) groups excluding carboxylic acids is 3. The maximum atomic E-state index is 13.7. The molecule has 7 atom stereocenters. The second-order valence-electron chi connectivity index (χ2n) is 9.30. The minimum atomic E-state index is -1.64. The molecule has 7 heteroatoms. The monoisotopic (exact) mass is 404 g/mol. The quantitative estimate of drug-likeness (QED) is 0.702. The summed E-state index contributed by atoms with van der Waals surface area (Å²) in [4.78, 5) is 39.7. The van der Waals surface area contributed by atoms with Gasteiger partial charge in [0.1, 0.15) is 11.7 Å². The van der Waals surface area contributed by atoms with E-state index in [0.29, 0.717) is 12.0 Å². The number of hydrogen-bond donors (Lipinski definition) is 1. The Labute approximate surface area is 170 Å². The van der Waals surface area contributed by atoms with Crippen molar-refractivity contribution in [2.45, 2.75) is 52.2 Å². The SMILES string of the molecule is COC1=C[C@@H](C)[C@H]2C[C@H]3OC(=O)C[C@@]4(O)C(C)=C(OC)C(=O)[C@@H]([C@@]2(C)C1=O)[C@@]34C. The minimum Gasteiger partial charge on any atom is -0.493 e. The Bertz CT molecular complexity index is 886. The van der Waals surface area contributed by atoms with Crippen LogP contribution in [0.2, 0.25) is 0 Å². The Kier molecular flexibility index (Phi) is 4.12. The standard InChI is InChI=1S/C22H28O7/c1-10-7-13(27-5)19(25)20(3)12(10)8-14-21(4)18(20)16(24)17(28-6)11(2)22(21,26)9-15(23)29-14/h7,10,12,14,18,26H,8-9H2,1-6H3/t10-,12-,14-,18+,20+,21-,22-/m1/s1. The fourth-order valence-electron chi connectivity index (χ4n) is 6.77. The predicted molar refractivity (Wildman–Crippen MR) is 101 cm³/mol. The van der Waals surface area contributed by atoms with Crippen molar-refractivity contribution >= 4 is 17.5 Å². The maximum absolute atomic E-state index is 13.7. The van der Waals surface area contributed by atoms with Gasteiger partial charge in [0.05, 0.1) is 26.6 Å². The second-order valence-corrected chi connectivity index (χ2v) is 9.30. The Balaban J connectivity index is 2.04. The molecule has 0 aromatic heterocycles. The molecule has 0 spiro atoms. The number of fused-ring (bicyclic) bond motifs is 2. The van der Waals surface area contributed by atoms with E-state index in [4.69, 9.17) is 14.2 Å². The lowest BCUT2D eigenvalue weighted by atomic mass is 9.39. The molecule has 0 radical (unpaired) electrons. The van der Waals surface area contributed by atoms with Crippen LogP contribution in [-0.4, -0.2) is 48.6 Å². The molecule has 0 aromatic carbocycles. The minimum absolute atomic E-state index is 0.0271. The van der Waals surface area contributed by atoms with Gasteiger partial charge in [0, 0.05) is 16.4 Å². The van der Waals surface area contributed by atoms with Crippen LogP contribution in [0.3, 0.4) is 0 Å². The number of Topliss-reactive ketones (excluding diaryl/α,β-unsaturated/α-hetero) is 2. The van der Waals surface area contributed by atoms with E-state index in [1.165, 1.54) is 14.2 Å². The Morgan fingerprint density at radius 1 is 1.17 bits per heavy atom. The van der Waals surface area contributed by atoms with Gasteiger partial charge in [-0.15, -0.1) is 0 Å². The number of esters is 1. The molecule has 1 aliphatic heterocycles. The molecule has 1 saturated carbocycles. The van der Waals surface area contributed by atoms with E-state index >= 15 is 0 Å². The van der Waals surface area contributed by atoms with E-state index in [9.17, 15) is 19.5 Å². The van der Waals surface area contributed by atoms with Crippen LogP contribution >= 0.6 is 0 Å². The molecule has 158 valence electrons. The third kappa shape index (κ3) is 2.09. The summed E-state index contributed by atoms with van der Waals surface area (Å²) in [6.07, 6.45) is 1.21. The number of ketones is 2. The highest BCUT2D eigenvalue weighted by atomic mass is 16.6. The number of rotatable bonds is 2. The van der Waals surface area contributed by atoms with Crippen LogP contribution in [-0.2, 0) is 28.6 Å². The van der Waals surface area contributed by atoms with Crippen molar-refractivity contribution in [2.75, 3.05) is 14.2 Å². The lowest BCUT2D eigenvalue weighted by Crippen LogP contribution is -2.75. The zero-order valence-corrected chi connectivity index (χ0v) is 17.7. The van der Waals surface area contributed by atoms with Gasteiger partial charge >= 0.3 is 5.97 Å². The summed E-state index contributed by atoms with van der Waals surface area (Å²) in [5.74, 6) is -2.06. The van der Waals surface area contributed by atoms with Crippen molar-refractivity contribution in [3.63, 3.8) is 0 Å². The molecule has 7 nitrogen and oxygen atoms in total. The maximum Gasteiger partial charge on any atom is 0.309 e. The average molecular weight is 404 g/mol. The summed E-state index contributed by atoms with van der Waals surface area (Å²) in [6.45, 7) is 7.15. The van der Waals surface area contributed by atoms with E-state index in [2.05, 4.69) is 0 Å². The zero-order chi connectivity index (χ0) is 21.5. The highest BCUT2D eigenvalue weighted by Gasteiger charge is 2.76. The van der Waals surface area contributed by atoms with Crippen molar-refractivity contribution < 1.29 is 33.7 Å². The number of allylic oxidation sites excluding steroid dienone is 3. The highest BCUT2D eigenvalue weighted by Crippen LogP contribution is 2.68. The number of carbonyl (C=O) groups is 3. The summed E-state index contributed by atoms with van der Waals surface area (Å²) >= 11 is 0. The van der Waals surface area contributed by atoms with Crippen LogP contribution in [0.15, 0.2) is 23.2 Å². The van der Waals surface area contributed by atoms with E-state index in [0.717, 1.165) is 0 Å². The number of ether oxygens (including phenoxy) is 3. The van der Waals surface area contributed by atoms with Gasteiger partial charge in [-0.3, -0.25) is 14.4 Å². The molecule has 1 saturated heterocycles. The summed E-state index contributed by atoms with van der Waals surface area (Å²) in [7, 11) is 2.81. The first-order valence-electron chi connectivity index (χ1n) is 10.0. The molecule has 1 heterocycles. The molecule has 2 fully saturated rings. The van der Waals surface area contributed by atoms with E-state index < -0.39 is 34.4 Å². The van der Waals surface area contributed by atoms with Gasteiger partial charge < -0.3 is 19.3 Å². The molecule has 4 rings (SSSR count). The van der Waals surface area contributed by atoms with Crippen molar-refractivity contribution in [1.29, 1.82) is 0 Å². The van der Waals surface area contributed by atoms with Gasteiger partial charge in [0.2, 0.25) is 11.6 Å². The first-order chi connectivity index (χ1) is 13.5. The largest absolute Gasteiger partial charge is 0.493 e. The van der Waals surface area contributed by atoms with Gasteiger partial charge in [-0.2, -0.15) is 0 Å². The molecule has 29 heavy (non-hydrogen) atoms. The van der Waals surface area contributed by atoms with Crippen molar-refractivity contribution in [3.8, 4) is 0 Å².